The van der Waals surface area contributed by atoms with Crippen LogP contribution in [0.3, 0.4) is 0 Å². The molecule has 2 N–H and O–H groups in total. The fourth-order valence-corrected chi connectivity index (χ4v) is 2.39. The van der Waals surface area contributed by atoms with Crippen molar-refractivity contribution >= 4 is 40.5 Å². The van der Waals surface area contributed by atoms with E-state index in [9.17, 15) is 4.79 Å². The van der Waals surface area contributed by atoms with Gasteiger partial charge in [0.05, 0.1) is 6.61 Å². The van der Waals surface area contributed by atoms with Crippen LogP contribution in [0.1, 0.15) is 17.3 Å². The van der Waals surface area contributed by atoms with Crippen LogP contribution in [0.25, 0.3) is 0 Å². The largest absolute Gasteiger partial charge is 0.491 e. The van der Waals surface area contributed by atoms with Crippen LogP contribution in [0.5, 0.6) is 5.75 Å². The quantitative estimate of drug-likeness (QED) is 0.565. The van der Waals surface area contributed by atoms with E-state index in [4.69, 9.17) is 33.3 Å². The molecule has 5 nitrogen and oxygen atoms in total. The van der Waals surface area contributed by atoms with E-state index in [-0.39, 0.29) is 11.0 Å². The molecule has 132 valence electrons. The summed E-state index contributed by atoms with van der Waals surface area (Å²) in [5.41, 5.74) is 1.15. The molecule has 2 aromatic carbocycles. The summed E-state index contributed by atoms with van der Waals surface area (Å²) in [6, 6.07) is 13.9. The van der Waals surface area contributed by atoms with E-state index >= 15 is 0 Å². The maximum absolute atomic E-state index is 12.3. The van der Waals surface area contributed by atoms with Crippen LogP contribution in [-0.2, 0) is 4.74 Å². The van der Waals surface area contributed by atoms with Gasteiger partial charge in [-0.05, 0) is 55.5 Å². The molecular formula is C18H19ClN2O3S. The van der Waals surface area contributed by atoms with Crippen LogP contribution in [0.4, 0.5) is 5.69 Å². The van der Waals surface area contributed by atoms with Crippen molar-refractivity contribution in [3.8, 4) is 5.75 Å². The topological polar surface area (TPSA) is 59.6 Å². The number of carbonyl (C=O) groups excluding carboxylic acids is 1. The molecule has 0 aliphatic rings. The molecule has 7 heteroatoms. The Balaban J connectivity index is 1.90. The highest BCUT2D eigenvalue weighted by Crippen LogP contribution is 2.15. The molecule has 0 spiro atoms. The molecule has 0 aliphatic carbocycles. The summed E-state index contributed by atoms with van der Waals surface area (Å²) in [6.45, 7) is 3.49. The van der Waals surface area contributed by atoms with Crippen molar-refractivity contribution in [2.75, 3.05) is 25.1 Å². The number of hydrogen-bond donors (Lipinski definition) is 2. The number of nitrogens with one attached hydrogen (secondary N) is 2. The Morgan fingerprint density at radius 2 is 1.96 bits per heavy atom. The first kappa shape index (κ1) is 19.2. The molecule has 0 saturated heterocycles. The average Bonchev–Trinajstić information content (AvgIpc) is 2.59. The predicted octanol–water partition coefficient (Wildman–Crippen LogP) is 3.88. The number of benzene rings is 2. The maximum atomic E-state index is 12.3. The van der Waals surface area contributed by atoms with E-state index < -0.39 is 0 Å². The summed E-state index contributed by atoms with van der Waals surface area (Å²) in [7, 11) is 0. The first-order valence-corrected chi connectivity index (χ1v) is 8.55. The molecule has 0 aromatic heterocycles. The highest BCUT2D eigenvalue weighted by atomic mass is 35.5. The predicted molar refractivity (Wildman–Crippen MR) is 104 cm³/mol. The summed E-state index contributed by atoms with van der Waals surface area (Å²) >= 11 is 11.1. The average molecular weight is 379 g/mol. The summed E-state index contributed by atoms with van der Waals surface area (Å²) in [5.74, 6) is 0.274. The minimum Gasteiger partial charge on any atom is -0.491 e. The van der Waals surface area contributed by atoms with Gasteiger partial charge in [0.1, 0.15) is 12.4 Å². The summed E-state index contributed by atoms with van der Waals surface area (Å²) in [6.07, 6.45) is 0. The lowest BCUT2D eigenvalue weighted by Gasteiger charge is -2.11. The van der Waals surface area contributed by atoms with Crippen molar-refractivity contribution in [2.45, 2.75) is 6.92 Å². The molecule has 0 heterocycles. The van der Waals surface area contributed by atoms with E-state index in [0.717, 1.165) is 0 Å². The second-order valence-electron chi connectivity index (χ2n) is 4.99. The smallest absolute Gasteiger partial charge is 0.257 e. The fourth-order valence-electron chi connectivity index (χ4n) is 1.99. The highest BCUT2D eigenvalue weighted by molar-refractivity contribution is 7.80. The number of rotatable bonds is 7. The normalized spacial score (nSPS) is 10.2. The van der Waals surface area contributed by atoms with Crippen molar-refractivity contribution in [1.29, 1.82) is 0 Å². The van der Waals surface area contributed by atoms with Gasteiger partial charge in [-0.2, -0.15) is 0 Å². The van der Waals surface area contributed by atoms with E-state index in [1.165, 1.54) is 0 Å². The van der Waals surface area contributed by atoms with Gasteiger partial charge in [-0.1, -0.05) is 23.7 Å². The third kappa shape index (κ3) is 6.70. The number of ether oxygens (including phenoxy) is 2. The molecule has 0 atom stereocenters. The van der Waals surface area contributed by atoms with Crippen LogP contribution in [0.2, 0.25) is 5.02 Å². The van der Waals surface area contributed by atoms with Gasteiger partial charge in [-0.25, -0.2) is 0 Å². The standard InChI is InChI=1S/C18H19ClN2O3S/c1-2-23-9-10-24-16-8-3-5-13(11-16)17(22)21-18(25)20-15-7-4-6-14(19)12-15/h3-8,11-12H,2,9-10H2,1H3,(H2,20,21,22,25). The van der Waals surface area contributed by atoms with Gasteiger partial charge in [0.15, 0.2) is 5.11 Å². The molecule has 0 aliphatic heterocycles. The van der Waals surface area contributed by atoms with Crippen molar-refractivity contribution in [3.63, 3.8) is 0 Å². The van der Waals surface area contributed by atoms with Crippen molar-refractivity contribution < 1.29 is 14.3 Å². The van der Waals surface area contributed by atoms with Gasteiger partial charge in [-0.15, -0.1) is 0 Å². The van der Waals surface area contributed by atoms with Crippen molar-refractivity contribution in [3.05, 3.63) is 59.1 Å². The van der Waals surface area contributed by atoms with E-state index in [1.54, 1.807) is 48.5 Å². The molecule has 0 saturated carbocycles. The minimum absolute atomic E-state index is 0.190. The third-order valence-electron chi connectivity index (χ3n) is 3.11. The summed E-state index contributed by atoms with van der Waals surface area (Å²) in [4.78, 5) is 12.3. The fraction of sp³-hybridized carbons (Fsp3) is 0.222. The van der Waals surface area contributed by atoms with Crippen LogP contribution in [0.15, 0.2) is 48.5 Å². The molecular weight excluding hydrogens is 360 g/mol. The molecule has 1 amide bonds. The van der Waals surface area contributed by atoms with Crippen molar-refractivity contribution in [2.24, 2.45) is 0 Å². The van der Waals surface area contributed by atoms with E-state index in [1.807, 2.05) is 6.92 Å². The number of amides is 1. The highest BCUT2D eigenvalue weighted by Gasteiger charge is 2.09. The molecule has 0 bridgehead atoms. The Morgan fingerprint density at radius 1 is 1.16 bits per heavy atom. The zero-order chi connectivity index (χ0) is 18.1. The first-order valence-electron chi connectivity index (χ1n) is 7.77. The van der Waals surface area contributed by atoms with Crippen molar-refractivity contribution in [1.82, 2.24) is 5.32 Å². The van der Waals surface area contributed by atoms with Gasteiger partial charge in [-0.3, -0.25) is 10.1 Å². The lowest BCUT2D eigenvalue weighted by Crippen LogP contribution is -2.34. The SMILES string of the molecule is CCOCCOc1cccc(C(=O)NC(=S)Nc2cccc(Cl)c2)c1. The number of halogens is 1. The lowest BCUT2D eigenvalue weighted by molar-refractivity contribution is 0.0976. The van der Waals surface area contributed by atoms with Crippen LogP contribution in [0, 0.1) is 0 Å². The van der Waals surface area contributed by atoms with Gasteiger partial charge < -0.3 is 14.8 Å². The molecule has 2 rings (SSSR count). The Bertz CT molecular complexity index is 740. The van der Waals surface area contributed by atoms with Gasteiger partial charge in [0.25, 0.3) is 5.91 Å². The second-order valence-corrected chi connectivity index (χ2v) is 5.84. The zero-order valence-corrected chi connectivity index (χ0v) is 15.3. The van der Waals surface area contributed by atoms with E-state index in [2.05, 4.69) is 10.6 Å². The molecule has 2 aromatic rings. The Hall–Kier alpha value is -2.15. The lowest BCUT2D eigenvalue weighted by atomic mass is 10.2. The van der Waals surface area contributed by atoms with Crippen LogP contribution < -0.4 is 15.4 Å². The molecule has 25 heavy (non-hydrogen) atoms. The molecule has 0 radical (unpaired) electrons. The summed E-state index contributed by atoms with van der Waals surface area (Å²) < 4.78 is 10.8. The first-order chi connectivity index (χ1) is 12.1. The minimum atomic E-state index is -0.324. The number of hydrogen-bond acceptors (Lipinski definition) is 4. The Morgan fingerprint density at radius 3 is 2.72 bits per heavy atom. The van der Waals surface area contributed by atoms with Crippen LogP contribution >= 0.6 is 23.8 Å². The second kappa shape index (κ2) is 9.98. The number of thiocarbonyl (C=S) groups is 1. The maximum Gasteiger partial charge on any atom is 0.257 e. The van der Waals surface area contributed by atoms with Gasteiger partial charge in [0, 0.05) is 22.9 Å². The van der Waals surface area contributed by atoms with Crippen LogP contribution in [-0.4, -0.2) is 30.8 Å². The summed E-state index contributed by atoms with van der Waals surface area (Å²) in [5, 5.41) is 6.31. The Kier molecular flexibility index (Phi) is 7.66. The number of anilines is 1. The molecule has 0 unspecified atom stereocenters. The van der Waals surface area contributed by atoms with Gasteiger partial charge >= 0.3 is 0 Å². The van der Waals surface area contributed by atoms with Gasteiger partial charge in [0.2, 0.25) is 0 Å². The zero-order valence-electron chi connectivity index (χ0n) is 13.8. The Labute approximate surface area is 157 Å². The number of carbonyl (C=O) groups is 1. The van der Waals surface area contributed by atoms with E-state index in [0.29, 0.717) is 41.8 Å². The third-order valence-corrected chi connectivity index (χ3v) is 3.55. The monoisotopic (exact) mass is 378 g/mol. The molecule has 0 fully saturated rings.